The Balaban J connectivity index is 1.27. The Hall–Kier alpha value is -3.35. The lowest BCUT2D eigenvalue weighted by Crippen LogP contribution is -2.53. The van der Waals surface area contributed by atoms with E-state index in [9.17, 15) is 14.4 Å². The van der Waals surface area contributed by atoms with Gasteiger partial charge in [0.2, 0.25) is 11.8 Å². The van der Waals surface area contributed by atoms with Crippen LogP contribution in [0.5, 0.6) is 11.5 Å². The van der Waals surface area contributed by atoms with Crippen LogP contribution >= 0.6 is 0 Å². The summed E-state index contributed by atoms with van der Waals surface area (Å²) < 4.78 is 11.9. The molecular weight excluding hydrogens is 444 g/mol. The maximum absolute atomic E-state index is 13.4. The van der Waals surface area contributed by atoms with Gasteiger partial charge in [-0.3, -0.25) is 14.4 Å². The van der Waals surface area contributed by atoms with Gasteiger partial charge in [0.15, 0.2) is 5.78 Å². The minimum Gasteiger partial charge on any atom is -0.495 e. The van der Waals surface area contributed by atoms with Crippen molar-refractivity contribution in [3.8, 4) is 11.5 Å². The molecule has 35 heavy (non-hydrogen) atoms. The molecule has 2 amide bonds. The molecule has 2 fully saturated rings. The molecule has 0 aliphatic carbocycles. The second-order valence-electron chi connectivity index (χ2n) is 10.2. The van der Waals surface area contributed by atoms with Crippen LogP contribution in [0.3, 0.4) is 0 Å². The van der Waals surface area contributed by atoms with Crippen LogP contribution in [0.15, 0.2) is 30.3 Å². The number of aryl methyl sites for hydroxylation is 3. The predicted octanol–water partition coefficient (Wildman–Crippen LogP) is 4.00. The van der Waals surface area contributed by atoms with E-state index < -0.39 is 5.60 Å². The van der Waals surface area contributed by atoms with E-state index >= 15 is 0 Å². The SMILES string of the molecule is COc1ccc(C)cc1N1CC(C(=O)N2CCC3(CC2)CC(=O)c2cc(C)cc(C)c2O3)CC1=O. The minimum atomic E-state index is -0.562. The molecule has 2 aromatic carbocycles. The Morgan fingerprint density at radius 1 is 1.06 bits per heavy atom. The Kier molecular flexibility index (Phi) is 5.82. The Bertz CT molecular complexity index is 1210. The number of Topliss-reactive ketones (excluding diaryl/α,β-unsaturated/α-hetero) is 1. The summed E-state index contributed by atoms with van der Waals surface area (Å²) in [4.78, 5) is 42.7. The number of piperidine rings is 1. The molecule has 0 saturated carbocycles. The van der Waals surface area contributed by atoms with Crippen molar-refractivity contribution in [1.82, 2.24) is 4.90 Å². The highest BCUT2D eigenvalue weighted by Gasteiger charge is 2.46. The fourth-order valence-electron chi connectivity index (χ4n) is 5.73. The first kappa shape index (κ1) is 23.4. The maximum Gasteiger partial charge on any atom is 0.228 e. The van der Waals surface area contributed by atoms with Crippen LogP contribution in [-0.4, -0.2) is 54.8 Å². The first-order valence-corrected chi connectivity index (χ1v) is 12.3. The number of carbonyl (C=O) groups excluding carboxylic acids is 3. The summed E-state index contributed by atoms with van der Waals surface area (Å²) in [6.45, 7) is 7.31. The van der Waals surface area contributed by atoms with Gasteiger partial charge in [0.1, 0.15) is 17.1 Å². The van der Waals surface area contributed by atoms with Gasteiger partial charge >= 0.3 is 0 Å². The average Bonchev–Trinajstić information content (AvgIpc) is 3.21. The van der Waals surface area contributed by atoms with Crippen LogP contribution in [0.25, 0.3) is 0 Å². The summed E-state index contributed by atoms with van der Waals surface area (Å²) in [7, 11) is 1.58. The molecular formula is C28H32N2O5. The van der Waals surface area contributed by atoms with Crippen molar-refractivity contribution in [3.05, 3.63) is 52.6 Å². The van der Waals surface area contributed by atoms with Crippen LogP contribution in [0.4, 0.5) is 5.69 Å². The van der Waals surface area contributed by atoms with Gasteiger partial charge in [0.25, 0.3) is 0 Å². The normalized spacial score (nSPS) is 21.2. The quantitative estimate of drug-likeness (QED) is 0.669. The monoisotopic (exact) mass is 476 g/mol. The highest BCUT2D eigenvalue weighted by Crippen LogP contribution is 2.42. The number of ketones is 1. The molecule has 0 N–H and O–H groups in total. The third kappa shape index (κ3) is 4.17. The van der Waals surface area contributed by atoms with E-state index in [0.29, 0.717) is 61.6 Å². The number of methoxy groups -OCH3 is 1. The van der Waals surface area contributed by atoms with Gasteiger partial charge in [-0.1, -0.05) is 12.1 Å². The van der Waals surface area contributed by atoms with E-state index in [1.807, 2.05) is 56.0 Å². The molecule has 184 valence electrons. The molecule has 2 aromatic rings. The topological polar surface area (TPSA) is 76.2 Å². The second-order valence-corrected chi connectivity index (χ2v) is 10.2. The number of carbonyl (C=O) groups is 3. The van der Waals surface area contributed by atoms with Gasteiger partial charge in [-0.05, 0) is 55.7 Å². The minimum absolute atomic E-state index is 0.00309. The number of rotatable bonds is 3. The molecule has 0 radical (unpaired) electrons. The van der Waals surface area contributed by atoms with E-state index in [-0.39, 0.29) is 29.9 Å². The largest absolute Gasteiger partial charge is 0.495 e. The summed E-state index contributed by atoms with van der Waals surface area (Å²) in [5.41, 5.74) is 3.87. The van der Waals surface area contributed by atoms with Crippen molar-refractivity contribution in [3.63, 3.8) is 0 Å². The molecule has 3 heterocycles. The highest BCUT2D eigenvalue weighted by atomic mass is 16.5. The molecule has 3 aliphatic heterocycles. The van der Waals surface area contributed by atoms with Crippen LogP contribution in [-0.2, 0) is 9.59 Å². The van der Waals surface area contributed by atoms with Crippen LogP contribution in [0.2, 0.25) is 0 Å². The standard InChI is InChI=1S/C28H32N2O5/c1-17-5-6-24(34-4)22(13-17)30-16-20(14-25(30)32)27(33)29-9-7-28(8-10-29)15-23(31)21-12-18(2)11-19(3)26(21)35-28/h5-6,11-13,20H,7-10,14-16H2,1-4H3. The van der Waals surface area contributed by atoms with Crippen molar-refractivity contribution in [2.75, 3.05) is 31.6 Å². The van der Waals surface area contributed by atoms with E-state index in [0.717, 1.165) is 16.7 Å². The number of anilines is 1. The number of hydrogen-bond acceptors (Lipinski definition) is 5. The molecule has 0 aromatic heterocycles. The number of fused-ring (bicyclic) bond motifs is 1. The number of amides is 2. The lowest BCUT2D eigenvalue weighted by atomic mass is 9.81. The zero-order valence-corrected chi connectivity index (χ0v) is 20.8. The van der Waals surface area contributed by atoms with Gasteiger partial charge in [-0.2, -0.15) is 0 Å². The molecule has 5 rings (SSSR count). The molecule has 3 aliphatic rings. The first-order valence-electron chi connectivity index (χ1n) is 12.3. The van der Waals surface area contributed by atoms with E-state index in [4.69, 9.17) is 9.47 Å². The van der Waals surface area contributed by atoms with E-state index in [1.54, 1.807) is 12.0 Å². The molecule has 0 bridgehead atoms. The van der Waals surface area contributed by atoms with Crippen molar-refractivity contribution in [2.45, 2.75) is 52.1 Å². The summed E-state index contributed by atoms with van der Waals surface area (Å²) in [5.74, 6) is 0.974. The Morgan fingerprint density at radius 2 is 1.80 bits per heavy atom. The number of likely N-dealkylation sites (tertiary alicyclic amines) is 1. The van der Waals surface area contributed by atoms with Gasteiger partial charge in [-0.15, -0.1) is 0 Å². The van der Waals surface area contributed by atoms with Crippen LogP contribution < -0.4 is 14.4 Å². The summed E-state index contributed by atoms with van der Waals surface area (Å²) >= 11 is 0. The van der Waals surface area contributed by atoms with E-state index in [1.165, 1.54) is 0 Å². The van der Waals surface area contributed by atoms with Crippen molar-refractivity contribution in [2.24, 2.45) is 5.92 Å². The van der Waals surface area contributed by atoms with E-state index in [2.05, 4.69) is 0 Å². The van der Waals surface area contributed by atoms with Crippen molar-refractivity contribution >= 4 is 23.3 Å². The zero-order valence-electron chi connectivity index (χ0n) is 20.8. The predicted molar refractivity (Wildman–Crippen MR) is 132 cm³/mol. The smallest absolute Gasteiger partial charge is 0.228 e. The van der Waals surface area contributed by atoms with Gasteiger partial charge in [0.05, 0.1) is 30.7 Å². The van der Waals surface area contributed by atoms with Gasteiger partial charge < -0.3 is 19.3 Å². The average molecular weight is 477 g/mol. The molecule has 2 saturated heterocycles. The van der Waals surface area contributed by atoms with Crippen LogP contribution in [0, 0.1) is 26.7 Å². The second kappa shape index (κ2) is 8.70. The molecule has 7 nitrogen and oxygen atoms in total. The van der Waals surface area contributed by atoms with Crippen molar-refractivity contribution < 1.29 is 23.9 Å². The fraction of sp³-hybridized carbons (Fsp3) is 0.464. The Labute approximate surface area is 206 Å². The van der Waals surface area contributed by atoms with Crippen molar-refractivity contribution in [1.29, 1.82) is 0 Å². The molecule has 1 atom stereocenters. The third-order valence-electron chi connectivity index (χ3n) is 7.61. The Morgan fingerprint density at radius 3 is 2.51 bits per heavy atom. The summed E-state index contributed by atoms with van der Waals surface area (Å²) in [6.07, 6.45) is 1.74. The number of benzene rings is 2. The third-order valence-corrected chi connectivity index (χ3v) is 7.61. The van der Waals surface area contributed by atoms with Gasteiger partial charge in [0, 0.05) is 38.9 Å². The summed E-state index contributed by atoms with van der Waals surface area (Å²) in [6, 6.07) is 9.66. The van der Waals surface area contributed by atoms with Crippen LogP contribution in [0.1, 0.15) is 52.7 Å². The lowest BCUT2D eigenvalue weighted by Gasteiger charge is -2.44. The number of hydrogen-bond donors (Lipinski definition) is 0. The first-order chi connectivity index (χ1) is 16.7. The summed E-state index contributed by atoms with van der Waals surface area (Å²) in [5, 5.41) is 0. The number of ether oxygens (including phenoxy) is 2. The maximum atomic E-state index is 13.4. The zero-order chi connectivity index (χ0) is 24.9. The molecule has 1 spiro atoms. The number of nitrogens with zero attached hydrogens (tertiary/aromatic N) is 2. The molecule has 7 heteroatoms. The highest BCUT2D eigenvalue weighted by molar-refractivity contribution is 6.02. The molecule has 1 unspecified atom stereocenters. The lowest BCUT2D eigenvalue weighted by molar-refractivity contribution is -0.139. The van der Waals surface area contributed by atoms with Gasteiger partial charge in [-0.25, -0.2) is 0 Å². The fourth-order valence-corrected chi connectivity index (χ4v) is 5.73.